The fraction of sp³-hybridized carbons (Fsp3) is 0.931. The number of nitrogens with one attached hydrogen (secondary N) is 2. The number of unbranched alkanes of at least 4 members (excludes halogenated alkanes) is 1. The second-order valence-electron chi connectivity index (χ2n) is 9.09. The third-order valence-corrected chi connectivity index (χ3v) is 5.39. The van der Waals surface area contributed by atoms with Gasteiger partial charge in [0.25, 0.3) is 0 Å². The van der Waals surface area contributed by atoms with Gasteiger partial charge >= 0.3 is 0 Å². The van der Waals surface area contributed by atoms with Gasteiger partial charge in [-0.15, -0.1) is 0 Å². The predicted octanol–water partition coefficient (Wildman–Crippen LogP) is -0.433. The Morgan fingerprint density at radius 1 is 0.432 bits per heavy atom. The van der Waals surface area contributed by atoms with Crippen LogP contribution in [0.4, 0.5) is 0 Å². The maximum absolute atomic E-state index is 11.4. The van der Waals surface area contributed by atoms with Crippen molar-refractivity contribution in [2.75, 3.05) is 152 Å². The van der Waals surface area contributed by atoms with Crippen molar-refractivity contribution in [1.82, 2.24) is 10.6 Å². The molecule has 0 atom stereocenters. The van der Waals surface area contributed by atoms with Crippen LogP contribution in [0.5, 0.6) is 0 Å². The van der Waals surface area contributed by atoms with E-state index in [9.17, 15) is 9.59 Å². The molecule has 0 aromatic carbocycles. The zero-order valence-corrected chi connectivity index (χ0v) is 26.7. The molecule has 0 bridgehead atoms. The van der Waals surface area contributed by atoms with Crippen LogP contribution in [-0.2, 0) is 57.0 Å². The maximum atomic E-state index is 11.4. The highest BCUT2D eigenvalue weighted by Crippen LogP contribution is 1.92. The highest BCUT2D eigenvalue weighted by molar-refractivity contribution is 5.76. The summed E-state index contributed by atoms with van der Waals surface area (Å²) < 4.78 is 54.2. The molecule has 0 aliphatic rings. The van der Waals surface area contributed by atoms with E-state index < -0.39 is 12.5 Å². The summed E-state index contributed by atoms with van der Waals surface area (Å²) in [6.07, 6.45) is 2.50. The molecule has 0 unspecified atom stereocenters. The van der Waals surface area contributed by atoms with Gasteiger partial charge in [-0.3, -0.25) is 9.59 Å². The highest BCUT2D eigenvalue weighted by atomic mass is 16.6. The average molecular weight is 643 g/mol. The number of carbonyl (C=O) groups excluding carboxylic acids is 2. The lowest BCUT2D eigenvalue weighted by Gasteiger charge is -2.09. The van der Waals surface area contributed by atoms with Crippen molar-refractivity contribution < 1.29 is 62.1 Å². The molecule has 0 aromatic rings. The Balaban J connectivity index is 3.08. The van der Waals surface area contributed by atoms with Gasteiger partial charge in [-0.25, -0.2) is 0 Å². The zero-order chi connectivity index (χ0) is 32.0. The molecule has 0 spiro atoms. The first-order valence-electron chi connectivity index (χ1n) is 15.6. The van der Waals surface area contributed by atoms with Crippen molar-refractivity contribution in [3.8, 4) is 0 Å². The molecule has 15 nitrogen and oxygen atoms in total. The first kappa shape index (κ1) is 42.5. The number of carbonyl (C=O) groups is 2. The van der Waals surface area contributed by atoms with Crippen molar-refractivity contribution in [3.63, 3.8) is 0 Å². The lowest BCUT2D eigenvalue weighted by atomic mass is 10.2. The minimum Gasteiger partial charge on any atom is -0.387 e. The van der Waals surface area contributed by atoms with Crippen LogP contribution in [0.3, 0.4) is 0 Å². The Bertz CT molecular complexity index is 606. The van der Waals surface area contributed by atoms with Crippen molar-refractivity contribution in [2.45, 2.75) is 26.2 Å². The van der Waals surface area contributed by atoms with Gasteiger partial charge in [0, 0.05) is 19.5 Å². The largest absolute Gasteiger partial charge is 0.387 e. The number of hydrogen-bond donors (Lipinski definition) is 3. The summed E-state index contributed by atoms with van der Waals surface area (Å²) in [4.78, 5) is 22.3. The maximum Gasteiger partial charge on any atom is 0.245 e. The number of amides is 2. The second kappa shape index (κ2) is 37.7. The van der Waals surface area contributed by atoms with E-state index in [2.05, 4.69) is 17.6 Å². The monoisotopic (exact) mass is 642 g/mol. The van der Waals surface area contributed by atoms with Gasteiger partial charge < -0.3 is 63.1 Å². The third-order valence-electron chi connectivity index (χ3n) is 5.39. The lowest BCUT2D eigenvalue weighted by Crippen LogP contribution is -2.29. The quantitative estimate of drug-likeness (QED) is 0.0747. The van der Waals surface area contributed by atoms with Crippen LogP contribution in [0, 0.1) is 0 Å². The summed E-state index contributed by atoms with van der Waals surface area (Å²) in [6, 6.07) is 0. The van der Waals surface area contributed by atoms with Gasteiger partial charge in [-0.1, -0.05) is 13.3 Å². The van der Waals surface area contributed by atoms with E-state index in [4.69, 9.17) is 52.5 Å². The molecule has 0 saturated carbocycles. The summed E-state index contributed by atoms with van der Waals surface area (Å²) in [5.41, 5.74) is 0. The van der Waals surface area contributed by atoms with E-state index in [1.807, 2.05) is 0 Å². The second-order valence-corrected chi connectivity index (χ2v) is 9.09. The molecule has 44 heavy (non-hydrogen) atoms. The standard InChI is InChI=1S/C29H58N2O13/c1-2-3-4-28(33)30-5-7-35-9-11-37-13-15-39-17-19-41-21-23-43-25-26-44-24-22-42-20-18-40-16-14-38-12-10-36-8-6-31-29(34)27-32/h32H,2-27H2,1H3,(H,30,33)(H,31,34). The summed E-state index contributed by atoms with van der Waals surface area (Å²) in [5, 5.41) is 13.9. The van der Waals surface area contributed by atoms with Gasteiger partial charge in [0.1, 0.15) is 6.61 Å². The van der Waals surface area contributed by atoms with Crippen molar-refractivity contribution in [2.24, 2.45) is 0 Å². The van der Waals surface area contributed by atoms with Gasteiger partial charge in [-0.05, 0) is 6.42 Å². The third kappa shape index (κ3) is 36.7. The van der Waals surface area contributed by atoms with Crippen LogP contribution in [0.2, 0.25) is 0 Å². The zero-order valence-electron chi connectivity index (χ0n) is 26.7. The fourth-order valence-electron chi connectivity index (χ4n) is 3.09. The van der Waals surface area contributed by atoms with E-state index in [0.717, 1.165) is 12.8 Å². The van der Waals surface area contributed by atoms with Gasteiger partial charge in [0.05, 0.1) is 132 Å². The minimum absolute atomic E-state index is 0.0748. The predicted molar refractivity (Wildman–Crippen MR) is 161 cm³/mol. The number of aliphatic hydroxyl groups is 1. The van der Waals surface area contributed by atoms with Crippen LogP contribution in [0.1, 0.15) is 26.2 Å². The molecule has 0 rings (SSSR count). The van der Waals surface area contributed by atoms with E-state index in [-0.39, 0.29) is 5.91 Å². The number of ether oxygens (including phenoxy) is 10. The molecular formula is C29H58N2O13. The normalized spacial score (nSPS) is 11.2. The van der Waals surface area contributed by atoms with Crippen LogP contribution >= 0.6 is 0 Å². The topological polar surface area (TPSA) is 171 Å². The molecule has 15 heteroatoms. The van der Waals surface area contributed by atoms with Gasteiger partial charge in [0.2, 0.25) is 11.8 Å². The van der Waals surface area contributed by atoms with Gasteiger partial charge in [0.15, 0.2) is 0 Å². The van der Waals surface area contributed by atoms with Crippen molar-refractivity contribution in [3.05, 3.63) is 0 Å². The van der Waals surface area contributed by atoms with Crippen LogP contribution in [-0.4, -0.2) is 169 Å². The fourth-order valence-corrected chi connectivity index (χ4v) is 3.09. The van der Waals surface area contributed by atoms with E-state index in [0.29, 0.717) is 152 Å². The molecule has 0 fully saturated rings. The lowest BCUT2D eigenvalue weighted by molar-refractivity contribution is -0.124. The summed E-state index contributed by atoms with van der Waals surface area (Å²) in [5.74, 6) is -0.344. The SMILES string of the molecule is CCCCC(=O)NCCOCCOCCOCCOCCOCCOCCOCCOCCOCCOCCNC(=O)CO. The van der Waals surface area contributed by atoms with Crippen molar-refractivity contribution in [1.29, 1.82) is 0 Å². The number of aliphatic hydroxyl groups excluding tert-OH is 1. The first-order chi connectivity index (χ1) is 21.7. The molecule has 0 radical (unpaired) electrons. The Morgan fingerprint density at radius 3 is 0.932 bits per heavy atom. The van der Waals surface area contributed by atoms with Crippen molar-refractivity contribution >= 4 is 11.8 Å². The summed E-state index contributed by atoms with van der Waals surface area (Å²) in [7, 11) is 0. The molecule has 0 heterocycles. The Morgan fingerprint density at radius 2 is 0.682 bits per heavy atom. The van der Waals surface area contributed by atoms with Crippen LogP contribution in [0.25, 0.3) is 0 Å². The molecule has 262 valence electrons. The number of hydrogen-bond acceptors (Lipinski definition) is 13. The number of rotatable bonds is 37. The smallest absolute Gasteiger partial charge is 0.245 e. The van der Waals surface area contributed by atoms with Gasteiger partial charge in [-0.2, -0.15) is 0 Å². The molecule has 2 amide bonds. The average Bonchev–Trinajstić information content (AvgIpc) is 3.03. The molecule has 3 N–H and O–H groups in total. The molecule has 0 aromatic heterocycles. The van der Waals surface area contributed by atoms with Crippen LogP contribution < -0.4 is 10.6 Å². The highest BCUT2D eigenvalue weighted by Gasteiger charge is 2.00. The van der Waals surface area contributed by atoms with Crippen LogP contribution in [0.15, 0.2) is 0 Å². The minimum atomic E-state index is -0.518. The molecular weight excluding hydrogens is 584 g/mol. The first-order valence-corrected chi connectivity index (χ1v) is 15.6. The molecule has 0 aliphatic heterocycles. The van der Waals surface area contributed by atoms with E-state index >= 15 is 0 Å². The summed E-state index contributed by atoms with van der Waals surface area (Å²) in [6.45, 7) is 11.9. The Labute approximate surface area is 262 Å². The molecule has 0 aliphatic carbocycles. The Kier molecular flexibility index (Phi) is 36.4. The van der Waals surface area contributed by atoms with E-state index in [1.165, 1.54) is 0 Å². The molecule has 0 saturated heterocycles. The van der Waals surface area contributed by atoms with E-state index in [1.54, 1.807) is 0 Å². The Hall–Kier alpha value is -1.50. The summed E-state index contributed by atoms with van der Waals surface area (Å²) >= 11 is 0.